The number of carbonyl (C=O) groups excluding carboxylic acids is 3. The largest absolute Gasteiger partial charge is 0.493 e. The monoisotopic (exact) mass is 628 g/mol. The highest BCUT2D eigenvalue weighted by Crippen LogP contribution is 2.38. The first kappa shape index (κ1) is 32.5. The summed E-state index contributed by atoms with van der Waals surface area (Å²) in [6.45, 7) is 0. The summed E-state index contributed by atoms with van der Waals surface area (Å²) in [7, 11) is 5.73. The van der Waals surface area contributed by atoms with Gasteiger partial charge in [0.25, 0.3) is 17.5 Å². The van der Waals surface area contributed by atoms with Crippen LogP contribution in [0.5, 0.6) is 28.7 Å². The molecule has 0 spiro atoms. The van der Waals surface area contributed by atoms with E-state index < -0.39 is 22.7 Å². The number of non-ortho nitro benzene ring substituents is 1. The molecule has 0 radical (unpaired) electrons. The average Bonchev–Trinajstić information content (AvgIpc) is 3.08. The van der Waals surface area contributed by atoms with E-state index in [-0.39, 0.29) is 33.9 Å². The molecule has 46 heavy (non-hydrogen) atoms. The number of methoxy groups -OCH3 is 4. The van der Waals surface area contributed by atoms with Crippen LogP contribution in [0.2, 0.25) is 0 Å². The van der Waals surface area contributed by atoms with Crippen LogP contribution in [0, 0.1) is 10.1 Å². The summed E-state index contributed by atoms with van der Waals surface area (Å²) >= 11 is 0. The minimum atomic E-state index is -0.733. The summed E-state index contributed by atoms with van der Waals surface area (Å²) in [6.07, 6.45) is 1.36. The quantitative estimate of drug-likeness (QED) is 0.0724. The van der Waals surface area contributed by atoms with Gasteiger partial charge in [0.15, 0.2) is 23.0 Å². The van der Waals surface area contributed by atoms with Crippen molar-refractivity contribution in [2.75, 3.05) is 33.8 Å². The van der Waals surface area contributed by atoms with Crippen molar-refractivity contribution in [3.05, 3.63) is 111 Å². The van der Waals surface area contributed by atoms with Crippen LogP contribution in [-0.2, 0) is 0 Å². The maximum absolute atomic E-state index is 13.0. The van der Waals surface area contributed by atoms with Crippen LogP contribution in [0.15, 0.2) is 84.0 Å². The molecule has 0 heterocycles. The van der Waals surface area contributed by atoms with Crippen molar-refractivity contribution in [1.29, 1.82) is 0 Å². The molecule has 0 saturated heterocycles. The number of nitro groups is 1. The summed E-state index contributed by atoms with van der Waals surface area (Å²) in [5.41, 5.74) is 3.73. The molecule has 14 nitrogen and oxygen atoms in total. The Morgan fingerprint density at radius 3 is 2.00 bits per heavy atom. The lowest BCUT2D eigenvalue weighted by atomic mass is 10.1. The molecule has 0 saturated carbocycles. The number of nitro benzene ring substituents is 1. The van der Waals surface area contributed by atoms with E-state index in [9.17, 15) is 24.5 Å². The minimum absolute atomic E-state index is 0.109. The Kier molecular flexibility index (Phi) is 10.5. The Labute approximate surface area is 262 Å². The number of hydrogen-bond acceptors (Lipinski definition) is 11. The fraction of sp³-hybridized carbons (Fsp3) is 0.125. The van der Waals surface area contributed by atoms with E-state index in [4.69, 9.17) is 23.7 Å². The van der Waals surface area contributed by atoms with Gasteiger partial charge in [0.2, 0.25) is 5.75 Å². The third-order valence-corrected chi connectivity index (χ3v) is 6.39. The first-order chi connectivity index (χ1) is 22.2. The molecule has 236 valence electrons. The van der Waals surface area contributed by atoms with Crippen LogP contribution in [0.3, 0.4) is 0 Å². The van der Waals surface area contributed by atoms with Gasteiger partial charge in [-0.1, -0.05) is 6.07 Å². The van der Waals surface area contributed by atoms with Crippen LogP contribution in [-0.4, -0.2) is 57.4 Å². The Morgan fingerprint density at radius 1 is 0.717 bits per heavy atom. The fourth-order valence-corrected chi connectivity index (χ4v) is 4.11. The maximum atomic E-state index is 13.0. The van der Waals surface area contributed by atoms with E-state index in [0.717, 1.165) is 0 Å². The van der Waals surface area contributed by atoms with Gasteiger partial charge in [-0.3, -0.25) is 19.7 Å². The number of nitrogens with zero attached hydrogens (tertiary/aromatic N) is 2. The minimum Gasteiger partial charge on any atom is -0.493 e. The van der Waals surface area contributed by atoms with E-state index in [1.807, 2.05) is 0 Å². The second-order valence-corrected chi connectivity index (χ2v) is 9.25. The van der Waals surface area contributed by atoms with Gasteiger partial charge >= 0.3 is 5.97 Å². The van der Waals surface area contributed by atoms with Crippen LogP contribution < -0.4 is 34.4 Å². The Morgan fingerprint density at radius 2 is 1.39 bits per heavy atom. The summed E-state index contributed by atoms with van der Waals surface area (Å²) < 4.78 is 26.6. The predicted octanol–water partition coefficient (Wildman–Crippen LogP) is 4.86. The molecule has 0 fully saturated rings. The molecule has 0 aliphatic heterocycles. The summed E-state index contributed by atoms with van der Waals surface area (Å²) in [4.78, 5) is 48.5. The molecule has 0 aliphatic carbocycles. The molecule has 0 bridgehead atoms. The van der Waals surface area contributed by atoms with Gasteiger partial charge in [-0.25, -0.2) is 10.2 Å². The van der Waals surface area contributed by atoms with Gasteiger partial charge < -0.3 is 29.0 Å². The second-order valence-electron chi connectivity index (χ2n) is 9.25. The maximum Gasteiger partial charge on any atom is 0.343 e. The van der Waals surface area contributed by atoms with Crippen molar-refractivity contribution in [2.45, 2.75) is 0 Å². The summed E-state index contributed by atoms with van der Waals surface area (Å²) in [6, 6.07) is 18.8. The first-order valence-electron chi connectivity index (χ1n) is 13.4. The number of hydrazone groups is 1. The number of esters is 1. The Balaban J connectivity index is 1.39. The van der Waals surface area contributed by atoms with Crippen LogP contribution in [0.4, 0.5) is 11.4 Å². The third-order valence-electron chi connectivity index (χ3n) is 6.39. The lowest BCUT2D eigenvalue weighted by molar-refractivity contribution is -0.384. The lowest BCUT2D eigenvalue weighted by Crippen LogP contribution is -2.18. The molecular formula is C32H28N4O10. The lowest BCUT2D eigenvalue weighted by Gasteiger charge is -2.14. The van der Waals surface area contributed by atoms with E-state index >= 15 is 0 Å². The molecule has 0 aliphatic rings. The molecule has 4 aromatic rings. The molecule has 0 aromatic heterocycles. The molecule has 0 unspecified atom stereocenters. The molecule has 14 heteroatoms. The van der Waals surface area contributed by atoms with Crippen molar-refractivity contribution in [1.82, 2.24) is 5.43 Å². The van der Waals surface area contributed by atoms with Crippen LogP contribution in [0.25, 0.3) is 0 Å². The van der Waals surface area contributed by atoms with Gasteiger partial charge in [0.05, 0.1) is 45.1 Å². The highest BCUT2D eigenvalue weighted by atomic mass is 16.6. The topological polar surface area (TPSA) is 177 Å². The number of amides is 2. The second kappa shape index (κ2) is 14.8. The first-order valence-corrected chi connectivity index (χ1v) is 13.4. The Hall–Kier alpha value is -6.44. The molecular weight excluding hydrogens is 600 g/mol. The number of ether oxygens (including phenoxy) is 5. The van der Waals surface area contributed by atoms with Crippen molar-refractivity contribution in [2.24, 2.45) is 5.10 Å². The van der Waals surface area contributed by atoms with E-state index in [1.165, 1.54) is 89.3 Å². The van der Waals surface area contributed by atoms with Crippen molar-refractivity contribution >= 4 is 35.4 Å². The number of rotatable bonds is 12. The molecule has 4 rings (SSSR count). The number of carbonyl (C=O) groups is 3. The zero-order valence-electron chi connectivity index (χ0n) is 25.1. The number of nitrogens with one attached hydrogen (secondary N) is 2. The highest BCUT2D eigenvalue weighted by molar-refractivity contribution is 6.06. The van der Waals surface area contributed by atoms with Crippen LogP contribution >= 0.6 is 0 Å². The summed E-state index contributed by atoms with van der Waals surface area (Å²) in [5, 5.41) is 17.5. The van der Waals surface area contributed by atoms with Crippen LogP contribution in [0.1, 0.15) is 36.6 Å². The van der Waals surface area contributed by atoms with Gasteiger partial charge in [-0.15, -0.1) is 0 Å². The standard InChI is InChI=1S/C32H28N4O10/c1-42-26-14-19(8-13-25(26)46-32(39)20-9-11-24(12-10-20)36(40)41)18-33-35-31(38)21-6-5-7-23(15-21)34-30(37)22-16-27(43-2)29(45-4)28(17-22)44-3/h5-18H,1-4H3,(H,34,37)(H,35,38). The van der Waals surface area contributed by atoms with Gasteiger partial charge in [-0.2, -0.15) is 5.10 Å². The zero-order valence-corrected chi connectivity index (χ0v) is 25.1. The van der Waals surface area contributed by atoms with E-state index in [2.05, 4.69) is 15.8 Å². The molecule has 2 N–H and O–H groups in total. The van der Waals surface area contributed by atoms with Crippen molar-refractivity contribution < 1.29 is 43.0 Å². The van der Waals surface area contributed by atoms with Gasteiger partial charge in [-0.05, 0) is 66.2 Å². The smallest absolute Gasteiger partial charge is 0.343 e. The van der Waals surface area contributed by atoms with Gasteiger partial charge in [0.1, 0.15) is 0 Å². The summed E-state index contributed by atoms with van der Waals surface area (Å²) in [5.74, 6) is -0.450. The molecule has 0 atom stereocenters. The normalized spacial score (nSPS) is 10.5. The SMILES string of the molecule is COc1cc(C=NNC(=O)c2cccc(NC(=O)c3cc(OC)c(OC)c(OC)c3)c2)ccc1OC(=O)c1ccc([N+](=O)[O-])cc1. The predicted molar refractivity (Wildman–Crippen MR) is 167 cm³/mol. The average molecular weight is 629 g/mol. The number of benzene rings is 4. The fourth-order valence-electron chi connectivity index (χ4n) is 4.11. The van der Waals surface area contributed by atoms with Crippen molar-refractivity contribution in [3.63, 3.8) is 0 Å². The van der Waals surface area contributed by atoms with E-state index in [1.54, 1.807) is 24.3 Å². The number of hydrogen-bond donors (Lipinski definition) is 2. The zero-order chi connectivity index (χ0) is 33.2. The Bertz CT molecular complexity index is 1780. The third kappa shape index (κ3) is 7.74. The van der Waals surface area contributed by atoms with Crippen molar-refractivity contribution in [3.8, 4) is 28.7 Å². The molecule has 4 aromatic carbocycles. The van der Waals surface area contributed by atoms with Gasteiger partial charge in [0, 0.05) is 28.9 Å². The molecule has 2 amide bonds. The number of anilines is 1. The van der Waals surface area contributed by atoms with E-state index in [0.29, 0.717) is 28.5 Å². The highest BCUT2D eigenvalue weighted by Gasteiger charge is 2.18.